The fourth-order valence-corrected chi connectivity index (χ4v) is 3.33. The molecule has 0 bridgehead atoms. The molecule has 1 aliphatic rings. The molecule has 6 heteroatoms. The molecule has 0 amide bonds. The number of anilines is 1. The third-order valence-electron chi connectivity index (χ3n) is 5.06. The van der Waals surface area contributed by atoms with E-state index in [4.69, 9.17) is 4.74 Å². The number of ether oxygens (including phenoxy) is 1. The molecule has 0 saturated carbocycles. The van der Waals surface area contributed by atoms with Crippen LogP contribution in [-0.4, -0.2) is 76.4 Å². The van der Waals surface area contributed by atoms with Crippen molar-refractivity contribution in [3.63, 3.8) is 0 Å². The Hall–Kier alpha value is -1.79. The number of rotatable bonds is 10. The van der Waals surface area contributed by atoms with Crippen molar-refractivity contribution in [2.45, 2.75) is 32.7 Å². The maximum Gasteiger partial charge on any atom is 0.191 e. The van der Waals surface area contributed by atoms with Gasteiger partial charge < -0.3 is 20.3 Å². The van der Waals surface area contributed by atoms with Gasteiger partial charge in [-0.25, -0.2) is 0 Å². The van der Waals surface area contributed by atoms with E-state index in [0.29, 0.717) is 6.04 Å². The summed E-state index contributed by atoms with van der Waals surface area (Å²) in [6, 6.07) is 11.2. The van der Waals surface area contributed by atoms with Gasteiger partial charge in [0.25, 0.3) is 0 Å². The molecule has 1 aromatic rings. The molecule has 1 atom stereocenters. The Balaban J connectivity index is 1.62. The minimum atomic E-state index is 0.486. The lowest BCUT2D eigenvalue weighted by Crippen LogP contribution is -2.53. The molecular weight excluding hydrogens is 338 g/mol. The molecule has 2 N–H and O–H groups in total. The van der Waals surface area contributed by atoms with Gasteiger partial charge in [0.2, 0.25) is 0 Å². The lowest BCUT2D eigenvalue weighted by molar-refractivity contribution is 0.143. The highest BCUT2D eigenvalue weighted by molar-refractivity contribution is 5.79. The zero-order valence-corrected chi connectivity index (χ0v) is 17.3. The second-order valence-corrected chi connectivity index (χ2v) is 6.99. The van der Waals surface area contributed by atoms with Crippen LogP contribution in [0.3, 0.4) is 0 Å². The zero-order valence-electron chi connectivity index (χ0n) is 17.3. The van der Waals surface area contributed by atoms with Gasteiger partial charge >= 0.3 is 0 Å². The van der Waals surface area contributed by atoms with E-state index in [1.54, 1.807) is 0 Å². The molecule has 6 nitrogen and oxygen atoms in total. The molecule has 0 aromatic heterocycles. The van der Waals surface area contributed by atoms with Crippen LogP contribution in [0.25, 0.3) is 0 Å². The van der Waals surface area contributed by atoms with E-state index in [-0.39, 0.29) is 0 Å². The SMILES string of the molecule is CCOCCCCNC(=NC)NCC(C)N1CCN(c2ccccc2)CC1. The number of hydrogen-bond acceptors (Lipinski definition) is 4. The van der Waals surface area contributed by atoms with E-state index in [1.807, 2.05) is 14.0 Å². The molecule has 1 saturated heterocycles. The molecular formula is C21H37N5O. The molecule has 0 spiro atoms. The van der Waals surface area contributed by atoms with Gasteiger partial charge in [-0.3, -0.25) is 9.89 Å². The fourth-order valence-electron chi connectivity index (χ4n) is 3.33. The summed E-state index contributed by atoms with van der Waals surface area (Å²) in [6.07, 6.45) is 2.18. The maximum absolute atomic E-state index is 5.37. The second-order valence-electron chi connectivity index (χ2n) is 6.99. The summed E-state index contributed by atoms with van der Waals surface area (Å²) in [5.74, 6) is 0.890. The van der Waals surface area contributed by atoms with E-state index in [1.165, 1.54) is 5.69 Å². The summed E-state index contributed by atoms with van der Waals surface area (Å²) in [5.41, 5.74) is 1.33. The van der Waals surface area contributed by atoms with Crippen molar-refractivity contribution in [3.8, 4) is 0 Å². The third-order valence-corrected chi connectivity index (χ3v) is 5.06. The number of aliphatic imine (C=N–C) groups is 1. The predicted molar refractivity (Wildman–Crippen MR) is 115 cm³/mol. The van der Waals surface area contributed by atoms with Crippen molar-refractivity contribution in [1.82, 2.24) is 15.5 Å². The number of nitrogens with zero attached hydrogens (tertiary/aromatic N) is 3. The van der Waals surface area contributed by atoms with Crippen LogP contribution in [0.2, 0.25) is 0 Å². The Morgan fingerprint density at radius 3 is 2.52 bits per heavy atom. The number of nitrogens with one attached hydrogen (secondary N) is 2. The topological polar surface area (TPSA) is 52.1 Å². The van der Waals surface area contributed by atoms with Crippen LogP contribution in [0.1, 0.15) is 26.7 Å². The van der Waals surface area contributed by atoms with Crippen molar-refractivity contribution < 1.29 is 4.74 Å². The first-order chi connectivity index (χ1) is 13.2. The fraction of sp³-hybridized carbons (Fsp3) is 0.667. The predicted octanol–water partition coefficient (Wildman–Crippen LogP) is 2.18. The highest BCUT2D eigenvalue weighted by atomic mass is 16.5. The van der Waals surface area contributed by atoms with E-state index in [0.717, 1.165) is 71.3 Å². The van der Waals surface area contributed by atoms with Crippen molar-refractivity contribution in [2.24, 2.45) is 4.99 Å². The first-order valence-electron chi connectivity index (χ1n) is 10.3. The van der Waals surface area contributed by atoms with Gasteiger partial charge in [-0.2, -0.15) is 0 Å². The molecule has 1 fully saturated rings. The summed E-state index contributed by atoms with van der Waals surface area (Å²) in [7, 11) is 1.83. The standard InChI is InChI=1S/C21H37N5O/c1-4-27-17-9-8-12-23-21(22-3)24-18-19(2)25-13-15-26(16-14-25)20-10-6-5-7-11-20/h5-7,10-11,19H,4,8-9,12-18H2,1-3H3,(H2,22,23,24). The monoisotopic (exact) mass is 375 g/mol. The smallest absolute Gasteiger partial charge is 0.191 e. The zero-order chi connectivity index (χ0) is 19.3. The van der Waals surface area contributed by atoms with Crippen molar-refractivity contribution in [3.05, 3.63) is 30.3 Å². The number of piperazine rings is 1. The third kappa shape index (κ3) is 7.77. The number of benzene rings is 1. The molecule has 1 aromatic carbocycles. The molecule has 0 aliphatic carbocycles. The van der Waals surface area contributed by atoms with Crippen molar-refractivity contribution >= 4 is 11.6 Å². The summed E-state index contributed by atoms with van der Waals surface area (Å²) >= 11 is 0. The van der Waals surface area contributed by atoms with Crippen molar-refractivity contribution in [1.29, 1.82) is 0 Å². The molecule has 0 radical (unpaired) electrons. The Morgan fingerprint density at radius 2 is 1.85 bits per heavy atom. The average molecular weight is 376 g/mol. The van der Waals surface area contributed by atoms with Gasteiger partial charge in [-0.05, 0) is 38.8 Å². The van der Waals surface area contributed by atoms with Crippen molar-refractivity contribution in [2.75, 3.05) is 64.4 Å². The van der Waals surface area contributed by atoms with Gasteiger partial charge in [0.1, 0.15) is 0 Å². The largest absolute Gasteiger partial charge is 0.382 e. The number of para-hydroxylation sites is 1. The van der Waals surface area contributed by atoms with Crippen LogP contribution in [0.15, 0.2) is 35.3 Å². The van der Waals surface area contributed by atoms with Crippen LogP contribution in [-0.2, 0) is 4.74 Å². The van der Waals surface area contributed by atoms with Gasteiger partial charge in [-0.1, -0.05) is 18.2 Å². The first-order valence-corrected chi connectivity index (χ1v) is 10.3. The number of unbranched alkanes of at least 4 members (excludes halogenated alkanes) is 1. The van der Waals surface area contributed by atoms with E-state index < -0.39 is 0 Å². The molecule has 1 aliphatic heterocycles. The Bertz CT molecular complexity index is 529. The van der Waals surface area contributed by atoms with E-state index >= 15 is 0 Å². The normalized spacial score (nSPS) is 17.0. The van der Waals surface area contributed by atoms with Crippen LogP contribution >= 0.6 is 0 Å². The average Bonchev–Trinajstić information content (AvgIpc) is 2.73. The van der Waals surface area contributed by atoms with E-state index in [2.05, 4.69) is 62.7 Å². The molecule has 1 heterocycles. The van der Waals surface area contributed by atoms with Crippen LogP contribution in [0.5, 0.6) is 0 Å². The first kappa shape index (κ1) is 21.5. The van der Waals surface area contributed by atoms with Gasteiger partial charge in [0.15, 0.2) is 5.96 Å². The van der Waals surface area contributed by atoms with Crippen LogP contribution in [0, 0.1) is 0 Å². The summed E-state index contributed by atoms with van der Waals surface area (Å²) in [6.45, 7) is 12.2. The van der Waals surface area contributed by atoms with E-state index in [9.17, 15) is 0 Å². The van der Waals surface area contributed by atoms with Crippen LogP contribution < -0.4 is 15.5 Å². The quantitative estimate of drug-likeness (QED) is 0.373. The summed E-state index contributed by atoms with van der Waals surface area (Å²) in [5, 5.41) is 6.85. The van der Waals surface area contributed by atoms with Crippen LogP contribution in [0.4, 0.5) is 5.69 Å². The minimum Gasteiger partial charge on any atom is -0.382 e. The maximum atomic E-state index is 5.37. The van der Waals surface area contributed by atoms with Gasteiger partial charge in [0, 0.05) is 71.3 Å². The lowest BCUT2D eigenvalue weighted by atomic mass is 10.2. The second kappa shape index (κ2) is 12.6. The summed E-state index contributed by atoms with van der Waals surface area (Å²) in [4.78, 5) is 9.36. The number of hydrogen-bond donors (Lipinski definition) is 2. The highest BCUT2D eigenvalue weighted by Crippen LogP contribution is 2.16. The summed E-state index contributed by atoms with van der Waals surface area (Å²) < 4.78 is 5.37. The molecule has 1 unspecified atom stereocenters. The highest BCUT2D eigenvalue weighted by Gasteiger charge is 2.21. The minimum absolute atomic E-state index is 0.486. The lowest BCUT2D eigenvalue weighted by Gasteiger charge is -2.39. The Kier molecular flexibility index (Phi) is 10.0. The Morgan fingerprint density at radius 1 is 1.11 bits per heavy atom. The molecule has 2 rings (SSSR count). The Labute approximate surface area is 165 Å². The number of guanidine groups is 1. The molecule has 152 valence electrons. The van der Waals surface area contributed by atoms with Gasteiger partial charge in [0.05, 0.1) is 0 Å². The molecule has 27 heavy (non-hydrogen) atoms. The van der Waals surface area contributed by atoms with Gasteiger partial charge in [-0.15, -0.1) is 0 Å².